The third-order valence-corrected chi connectivity index (χ3v) is 5.51. The van der Waals surface area contributed by atoms with E-state index in [4.69, 9.17) is 21.7 Å². The summed E-state index contributed by atoms with van der Waals surface area (Å²) in [5.74, 6) is 0.631. The Balaban J connectivity index is 1.73. The maximum atomic E-state index is 12.5. The highest BCUT2D eigenvalue weighted by Gasteiger charge is 2.23. The van der Waals surface area contributed by atoms with Crippen LogP contribution in [-0.2, 0) is 12.8 Å². The number of hydrogen-bond donors (Lipinski definition) is 2. The van der Waals surface area contributed by atoms with Gasteiger partial charge in [-0.1, -0.05) is 0 Å². The molecular weight excluding hydrogens is 370 g/mol. The Hall–Kier alpha value is -2.63. The molecule has 0 aliphatic heterocycles. The number of thiophene rings is 1. The van der Waals surface area contributed by atoms with Crippen LogP contribution in [0.25, 0.3) is 0 Å². The lowest BCUT2D eigenvalue weighted by Crippen LogP contribution is -2.34. The predicted octanol–water partition coefficient (Wildman–Crippen LogP) is 3.25. The molecule has 0 fully saturated rings. The van der Waals surface area contributed by atoms with E-state index in [-0.39, 0.29) is 11.0 Å². The van der Waals surface area contributed by atoms with Crippen molar-refractivity contribution in [3.05, 3.63) is 39.8 Å². The zero-order valence-corrected chi connectivity index (χ0v) is 16.0. The number of anilines is 1. The third-order valence-electron chi connectivity index (χ3n) is 4.10. The Morgan fingerprint density at radius 2 is 1.92 bits per heavy atom. The number of rotatable bonds is 4. The lowest BCUT2D eigenvalue weighted by atomic mass is 10.1. The zero-order valence-electron chi connectivity index (χ0n) is 14.3. The number of nitrogens with one attached hydrogen (secondary N) is 2. The SMILES string of the molecule is COc1cc(OC)cc(C(=O)NC(=S)Nc2sc3c(c2C#N)CCC3)c1. The molecule has 1 heterocycles. The van der Waals surface area contributed by atoms with Gasteiger partial charge in [0.05, 0.1) is 19.8 Å². The van der Waals surface area contributed by atoms with Gasteiger partial charge in [-0.3, -0.25) is 10.1 Å². The molecule has 26 heavy (non-hydrogen) atoms. The Morgan fingerprint density at radius 1 is 1.23 bits per heavy atom. The maximum absolute atomic E-state index is 12.5. The van der Waals surface area contributed by atoms with Gasteiger partial charge in [0.15, 0.2) is 5.11 Å². The molecule has 3 rings (SSSR count). The topological polar surface area (TPSA) is 83.4 Å². The van der Waals surface area contributed by atoms with Crippen molar-refractivity contribution in [3.8, 4) is 17.6 Å². The van der Waals surface area contributed by atoms with E-state index in [0.717, 1.165) is 24.8 Å². The second-order valence-electron chi connectivity index (χ2n) is 5.68. The lowest BCUT2D eigenvalue weighted by molar-refractivity contribution is 0.0977. The normalized spacial score (nSPS) is 12.0. The fraction of sp³-hybridized carbons (Fsp3) is 0.278. The molecule has 1 aromatic heterocycles. The maximum Gasteiger partial charge on any atom is 0.257 e. The van der Waals surface area contributed by atoms with Gasteiger partial charge in [-0.2, -0.15) is 5.26 Å². The van der Waals surface area contributed by atoms with Crippen LogP contribution in [0.3, 0.4) is 0 Å². The molecule has 0 atom stereocenters. The van der Waals surface area contributed by atoms with E-state index < -0.39 is 0 Å². The van der Waals surface area contributed by atoms with Gasteiger partial charge in [-0.25, -0.2) is 0 Å². The minimum absolute atomic E-state index is 0.146. The smallest absolute Gasteiger partial charge is 0.257 e. The molecule has 1 aliphatic carbocycles. The van der Waals surface area contributed by atoms with E-state index in [1.54, 1.807) is 18.2 Å². The van der Waals surface area contributed by atoms with Crippen LogP contribution in [-0.4, -0.2) is 25.2 Å². The molecule has 2 aromatic rings. The summed E-state index contributed by atoms with van der Waals surface area (Å²) < 4.78 is 10.3. The fourth-order valence-electron chi connectivity index (χ4n) is 2.86. The van der Waals surface area contributed by atoms with Gasteiger partial charge in [0.25, 0.3) is 5.91 Å². The molecule has 0 unspecified atom stereocenters. The number of nitriles is 1. The van der Waals surface area contributed by atoms with Crippen molar-refractivity contribution in [2.75, 3.05) is 19.5 Å². The Morgan fingerprint density at radius 3 is 2.54 bits per heavy atom. The molecule has 2 N–H and O–H groups in total. The van der Waals surface area contributed by atoms with Crippen LogP contribution in [0.5, 0.6) is 11.5 Å². The van der Waals surface area contributed by atoms with Crippen LogP contribution in [0, 0.1) is 11.3 Å². The minimum atomic E-state index is -0.387. The van der Waals surface area contributed by atoms with Gasteiger partial charge in [-0.15, -0.1) is 11.3 Å². The molecule has 134 valence electrons. The number of benzene rings is 1. The number of nitrogens with zero attached hydrogens (tertiary/aromatic N) is 1. The molecule has 8 heteroatoms. The number of carbonyl (C=O) groups is 1. The average molecular weight is 387 g/mol. The van der Waals surface area contributed by atoms with Crippen LogP contribution in [0.15, 0.2) is 18.2 Å². The van der Waals surface area contributed by atoms with Gasteiger partial charge < -0.3 is 14.8 Å². The summed E-state index contributed by atoms with van der Waals surface area (Å²) in [5.41, 5.74) is 2.09. The molecule has 0 spiro atoms. The van der Waals surface area contributed by atoms with Gasteiger partial charge in [0.2, 0.25) is 0 Å². The Labute approximate surface area is 160 Å². The minimum Gasteiger partial charge on any atom is -0.497 e. The van der Waals surface area contributed by atoms with E-state index in [1.807, 2.05) is 0 Å². The highest BCUT2D eigenvalue weighted by molar-refractivity contribution is 7.80. The Bertz CT molecular complexity index is 893. The highest BCUT2D eigenvalue weighted by atomic mass is 32.1. The lowest BCUT2D eigenvalue weighted by Gasteiger charge is -2.11. The molecule has 0 saturated carbocycles. The van der Waals surface area contributed by atoms with E-state index in [1.165, 1.54) is 30.4 Å². The van der Waals surface area contributed by atoms with Crippen molar-refractivity contribution in [1.82, 2.24) is 5.32 Å². The van der Waals surface area contributed by atoms with Crippen LogP contribution in [0.4, 0.5) is 5.00 Å². The Kier molecular flexibility index (Phi) is 5.40. The second-order valence-corrected chi connectivity index (χ2v) is 7.20. The standard InChI is InChI=1S/C18H17N3O3S2/c1-23-11-6-10(7-12(8-11)24-2)16(22)20-18(25)21-17-14(9-19)13-4-3-5-15(13)26-17/h6-8H,3-5H2,1-2H3,(H2,20,21,22,25). The van der Waals surface area contributed by atoms with Crippen LogP contribution >= 0.6 is 23.6 Å². The summed E-state index contributed by atoms with van der Waals surface area (Å²) in [6.07, 6.45) is 2.98. The highest BCUT2D eigenvalue weighted by Crippen LogP contribution is 2.38. The molecule has 1 aromatic carbocycles. The molecule has 0 saturated heterocycles. The second kappa shape index (κ2) is 7.72. The van der Waals surface area contributed by atoms with Gasteiger partial charge in [-0.05, 0) is 49.2 Å². The van der Waals surface area contributed by atoms with E-state index in [0.29, 0.717) is 27.6 Å². The monoisotopic (exact) mass is 387 g/mol. The molecule has 0 bridgehead atoms. The number of thiocarbonyl (C=S) groups is 1. The van der Waals surface area contributed by atoms with Crippen molar-refractivity contribution < 1.29 is 14.3 Å². The number of amides is 1. The van der Waals surface area contributed by atoms with Gasteiger partial charge in [0.1, 0.15) is 22.6 Å². The van der Waals surface area contributed by atoms with Crippen molar-refractivity contribution in [3.63, 3.8) is 0 Å². The third kappa shape index (κ3) is 3.64. The summed E-state index contributed by atoms with van der Waals surface area (Å²) >= 11 is 6.76. The largest absolute Gasteiger partial charge is 0.497 e. The summed E-state index contributed by atoms with van der Waals surface area (Å²) in [6, 6.07) is 7.12. The first-order valence-electron chi connectivity index (χ1n) is 7.95. The number of carbonyl (C=O) groups excluding carboxylic acids is 1. The number of ether oxygens (including phenoxy) is 2. The number of hydrogen-bond acceptors (Lipinski definition) is 6. The zero-order chi connectivity index (χ0) is 18.7. The quantitative estimate of drug-likeness (QED) is 0.784. The molecule has 1 amide bonds. The molecule has 1 aliphatic rings. The number of fused-ring (bicyclic) bond motifs is 1. The van der Waals surface area contributed by atoms with Crippen molar-refractivity contribution in [2.24, 2.45) is 0 Å². The van der Waals surface area contributed by atoms with E-state index >= 15 is 0 Å². The number of aryl methyl sites for hydroxylation is 1. The summed E-state index contributed by atoms with van der Waals surface area (Å²) in [6.45, 7) is 0. The van der Waals surface area contributed by atoms with Crippen LogP contribution < -0.4 is 20.1 Å². The first-order chi connectivity index (χ1) is 12.5. The van der Waals surface area contributed by atoms with E-state index in [9.17, 15) is 10.1 Å². The molecule has 6 nitrogen and oxygen atoms in total. The summed E-state index contributed by atoms with van der Waals surface area (Å²) in [7, 11) is 3.03. The van der Waals surface area contributed by atoms with Crippen molar-refractivity contribution >= 4 is 39.6 Å². The van der Waals surface area contributed by atoms with E-state index in [2.05, 4.69) is 16.7 Å². The van der Waals surface area contributed by atoms with Crippen LogP contribution in [0.2, 0.25) is 0 Å². The van der Waals surface area contributed by atoms with Gasteiger partial charge >= 0.3 is 0 Å². The van der Waals surface area contributed by atoms with Crippen LogP contribution in [0.1, 0.15) is 32.8 Å². The first kappa shape index (κ1) is 18.2. The fourth-order valence-corrected chi connectivity index (χ4v) is 4.36. The summed E-state index contributed by atoms with van der Waals surface area (Å²) in [5, 5.41) is 15.9. The summed E-state index contributed by atoms with van der Waals surface area (Å²) in [4.78, 5) is 13.7. The predicted molar refractivity (Wildman–Crippen MR) is 104 cm³/mol. The molecular formula is C18H17N3O3S2. The first-order valence-corrected chi connectivity index (χ1v) is 9.18. The molecule has 0 radical (unpaired) electrons. The number of methoxy groups -OCH3 is 2. The van der Waals surface area contributed by atoms with Crippen molar-refractivity contribution in [1.29, 1.82) is 5.26 Å². The van der Waals surface area contributed by atoms with Gasteiger partial charge in [0, 0.05) is 16.5 Å². The average Bonchev–Trinajstić information content (AvgIpc) is 3.21. The van der Waals surface area contributed by atoms with Crippen molar-refractivity contribution in [2.45, 2.75) is 19.3 Å².